The molecule has 0 radical (unpaired) electrons. The highest BCUT2D eigenvalue weighted by molar-refractivity contribution is 5.99. The van der Waals surface area contributed by atoms with E-state index in [9.17, 15) is 19.7 Å². The summed E-state index contributed by atoms with van der Waals surface area (Å²) in [5.74, 6) is -1.09. The van der Waals surface area contributed by atoms with Crippen molar-refractivity contribution in [3.8, 4) is 0 Å². The molecule has 0 fully saturated rings. The van der Waals surface area contributed by atoms with E-state index in [2.05, 4.69) is 5.32 Å². The fraction of sp³-hybridized carbons (Fsp3) is 0.143. The quantitative estimate of drug-likeness (QED) is 0.378. The Hall–Kier alpha value is -3.94. The molecule has 8 heteroatoms. The molecule has 0 saturated carbocycles. The van der Waals surface area contributed by atoms with E-state index >= 15 is 0 Å². The minimum atomic E-state index is -1.31. The number of amides is 1. The predicted molar refractivity (Wildman–Crippen MR) is 105 cm³/mol. The molecule has 1 amide bonds. The smallest absolute Gasteiger partial charge is 0.342 e. The van der Waals surface area contributed by atoms with Gasteiger partial charge in [0.25, 0.3) is 11.6 Å². The van der Waals surface area contributed by atoms with Crippen LogP contribution in [0.2, 0.25) is 0 Å². The molecule has 1 aromatic heterocycles. The number of nitro groups is 1. The molecule has 0 bridgehead atoms. The van der Waals surface area contributed by atoms with Gasteiger partial charge in [0, 0.05) is 11.6 Å². The van der Waals surface area contributed by atoms with Crippen LogP contribution in [0.25, 0.3) is 0 Å². The normalized spacial score (nSPS) is 11.5. The van der Waals surface area contributed by atoms with Gasteiger partial charge in [0.1, 0.15) is 17.0 Å². The summed E-state index contributed by atoms with van der Waals surface area (Å²) in [6.07, 6.45) is 0.0398. The number of ether oxygens (including phenoxy) is 1. The van der Waals surface area contributed by atoms with Gasteiger partial charge in [-0.2, -0.15) is 0 Å². The molecule has 0 aliphatic carbocycles. The van der Waals surface area contributed by atoms with Crippen molar-refractivity contribution in [1.29, 1.82) is 0 Å². The second-order valence-electron chi connectivity index (χ2n) is 6.35. The number of esters is 1. The van der Waals surface area contributed by atoms with E-state index in [1.54, 1.807) is 50.2 Å². The molecule has 3 rings (SSSR count). The second-order valence-corrected chi connectivity index (χ2v) is 6.35. The number of hydrogen-bond donors (Lipinski definition) is 1. The van der Waals surface area contributed by atoms with Gasteiger partial charge in [-0.25, -0.2) is 4.79 Å². The Morgan fingerprint density at radius 2 is 1.83 bits per heavy atom. The summed E-state index contributed by atoms with van der Waals surface area (Å²) in [5, 5.41) is 13.8. The van der Waals surface area contributed by atoms with Gasteiger partial charge in [-0.05, 0) is 31.5 Å². The highest BCUT2D eigenvalue weighted by Gasteiger charge is 2.28. The van der Waals surface area contributed by atoms with Crippen LogP contribution in [0.5, 0.6) is 0 Å². The number of anilines is 1. The zero-order valence-electron chi connectivity index (χ0n) is 15.7. The molecule has 0 aliphatic rings. The van der Waals surface area contributed by atoms with Gasteiger partial charge < -0.3 is 14.5 Å². The second kappa shape index (κ2) is 8.39. The third-order valence-electron chi connectivity index (χ3n) is 4.25. The zero-order chi connectivity index (χ0) is 21.0. The third kappa shape index (κ3) is 4.49. The lowest BCUT2D eigenvalue weighted by Crippen LogP contribution is -2.26. The van der Waals surface area contributed by atoms with Gasteiger partial charge in [0.05, 0.1) is 11.2 Å². The maximum absolute atomic E-state index is 12.9. The number of furan rings is 1. The van der Waals surface area contributed by atoms with Crippen LogP contribution in [0.3, 0.4) is 0 Å². The lowest BCUT2D eigenvalue weighted by atomic mass is 10.1. The van der Waals surface area contributed by atoms with Gasteiger partial charge in [-0.15, -0.1) is 0 Å². The summed E-state index contributed by atoms with van der Waals surface area (Å²) in [7, 11) is 0. The van der Waals surface area contributed by atoms with Crippen molar-refractivity contribution in [3.05, 3.63) is 93.4 Å². The first-order chi connectivity index (χ1) is 13.9. The summed E-state index contributed by atoms with van der Waals surface area (Å²) in [4.78, 5) is 36.2. The highest BCUT2D eigenvalue weighted by Crippen LogP contribution is 2.28. The first kappa shape index (κ1) is 19.8. The number of benzene rings is 2. The molecule has 29 heavy (non-hydrogen) atoms. The van der Waals surface area contributed by atoms with E-state index in [1.165, 1.54) is 24.5 Å². The Balaban J connectivity index is 1.91. The van der Waals surface area contributed by atoms with E-state index in [0.29, 0.717) is 16.9 Å². The average Bonchev–Trinajstić information content (AvgIpc) is 3.13. The lowest BCUT2D eigenvalue weighted by molar-refractivity contribution is -0.384. The molecule has 0 spiro atoms. The van der Waals surface area contributed by atoms with Crippen molar-refractivity contribution in [2.24, 2.45) is 0 Å². The third-order valence-corrected chi connectivity index (χ3v) is 4.25. The van der Waals surface area contributed by atoms with Crippen LogP contribution in [-0.2, 0) is 9.53 Å². The Kier molecular flexibility index (Phi) is 5.73. The van der Waals surface area contributed by atoms with Crippen molar-refractivity contribution in [2.75, 3.05) is 5.32 Å². The Morgan fingerprint density at radius 1 is 1.10 bits per heavy atom. The molecule has 1 N–H and O–H groups in total. The number of carbonyl (C=O) groups excluding carboxylic acids is 2. The first-order valence-corrected chi connectivity index (χ1v) is 8.72. The van der Waals surface area contributed by atoms with E-state index in [-0.39, 0.29) is 16.9 Å². The molecule has 1 atom stereocenters. The van der Waals surface area contributed by atoms with Crippen LogP contribution in [-0.4, -0.2) is 16.8 Å². The maximum atomic E-state index is 12.9. The molecule has 2 aromatic carbocycles. The van der Waals surface area contributed by atoms with Gasteiger partial charge in [0.2, 0.25) is 6.10 Å². The zero-order valence-corrected chi connectivity index (χ0v) is 15.7. The van der Waals surface area contributed by atoms with E-state index in [4.69, 9.17) is 9.15 Å². The number of hydrogen-bond acceptors (Lipinski definition) is 6. The average molecular weight is 394 g/mol. The van der Waals surface area contributed by atoms with Crippen molar-refractivity contribution in [3.63, 3.8) is 0 Å². The monoisotopic (exact) mass is 394 g/mol. The SMILES string of the molecule is Cc1ccc(NC(=O)[C@H](OC(=O)c2ccoc2C)c2ccccc2)c([N+](=O)[O-])c1. The molecular formula is C21H18N2O6. The minimum absolute atomic E-state index is 0.0158. The van der Waals surface area contributed by atoms with Crippen LogP contribution < -0.4 is 5.32 Å². The molecule has 3 aromatic rings. The summed E-state index contributed by atoms with van der Waals surface area (Å²) in [6.45, 7) is 3.31. The largest absolute Gasteiger partial charge is 0.469 e. The van der Waals surface area contributed by atoms with Crippen LogP contribution in [0.1, 0.15) is 33.3 Å². The maximum Gasteiger partial charge on any atom is 0.342 e. The standard InChI is InChI=1S/C21H18N2O6/c1-13-8-9-17(18(12-13)23(26)27)22-20(24)19(15-6-4-3-5-7-15)29-21(25)16-10-11-28-14(16)2/h3-12,19H,1-2H3,(H,22,24)/t19-/m1/s1. The molecule has 1 heterocycles. The molecule has 8 nitrogen and oxygen atoms in total. The first-order valence-electron chi connectivity index (χ1n) is 8.72. The summed E-state index contributed by atoms with van der Waals surface area (Å²) >= 11 is 0. The van der Waals surface area contributed by atoms with Crippen LogP contribution in [0, 0.1) is 24.0 Å². The fourth-order valence-corrected chi connectivity index (χ4v) is 2.76. The van der Waals surface area contributed by atoms with Crippen LogP contribution >= 0.6 is 0 Å². The van der Waals surface area contributed by atoms with E-state index < -0.39 is 22.9 Å². The van der Waals surface area contributed by atoms with E-state index in [1.807, 2.05) is 0 Å². The number of rotatable bonds is 6. The van der Waals surface area contributed by atoms with Crippen molar-refractivity contribution in [1.82, 2.24) is 0 Å². The van der Waals surface area contributed by atoms with Crippen LogP contribution in [0.15, 0.2) is 65.3 Å². The van der Waals surface area contributed by atoms with Gasteiger partial charge in [-0.3, -0.25) is 14.9 Å². The Bertz CT molecular complexity index is 1060. The fourth-order valence-electron chi connectivity index (χ4n) is 2.76. The number of carbonyl (C=O) groups is 2. The lowest BCUT2D eigenvalue weighted by Gasteiger charge is -2.18. The summed E-state index contributed by atoms with van der Waals surface area (Å²) in [6, 6.07) is 14.3. The molecule has 0 aliphatic heterocycles. The Morgan fingerprint density at radius 3 is 2.45 bits per heavy atom. The highest BCUT2D eigenvalue weighted by atomic mass is 16.6. The summed E-state index contributed by atoms with van der Waals surface area (Å²) in [5.41, 5.74) is 1.06. The molecule has 0 saturated heterocycles. The van der Waals surface area contributed by atoms with Crippen molar-refractivity contribution in [2.45, 2.75) is 20.0 Å². The molecule has 0 unspecified atom stereocenters. The minimum Gasteiger partial charge on any atom is -0.469 e. The van der Waals surface area contributed by atoms with Crippen LogP contribution in [0.4, 0.5) is 11.4 Å². The Labute approximate surface area is 166 Å². The van der Waals surface area contributed by atoms with Crippen molar-refractivity contribution >= 4 is 23.3 Å². The van der Waals surface area contributed by atoms with Gasteiger partial charge >= 0.3 is 5.97 Å². The van der Waals surface area contributed by atoms with Crippen molar-refractivity contribution < 1.29 is 23.7 Å². The predicted octanol–water partition coefficient (Wildman–Crippen LogP) is 4.34. The number of aryl methyl sites for hydroxylation is 2. The van der Waals surface area contributed by atoms with Gasteiger partial charge in [0.15, 0.2) is 0 Å². The number of nitrogens with one attached hydrogen (secondary N) is 1. The molecular weight excluding hydrogens is 376 g/mol. The number of nitro benzene ring substituents is 1. The van der Waals surface area contributed by atoms with Gasteiger partial charge in [-0.1, -0.05) is 36.4 Å². The molecule has 148 valence electrons. The van der Waals surface area contributed by atoms with E-state index in [0.717, 1.165) is 0 Å². The summed E-state index contributed by atoms with van der Waals surface area (Å²) < 4.78 is 10.5. The number of nitrogens with zero attached hydrogens (tertiary/aromatic N) is 1. The topological polar surface area (TPSA) is 112 Å².